The Morgan fingerprint density at radius 3 is 2.14 bits per heavy atom. The maximum absolute atomic E-state index is 11.8. The lowest BCUT2D eigenvalue weighted by molar-refractivity contribution is -0.151. The molecule has 1 aromatic rings. The molecule has 1 aliphatic heterocycles. The van der Waals surface area contributed by atoms with Gasteiger partial charge in [-0.1, -0.05) is 39.0 Å². The van der Waals surface area contributed by atoms with Crippen LogP contribution in [-0.2, 0) is 9.59 Å². The van der Waals surface area contributed by atoms with E-state index in [-0.39, 0.29) is 5.91 Å². The third-order valence-corrected chi connectivity index (χ3v) is 3.20. The van der Waals surface area contributed by atoms with Crippen LogP contribution >= 0.6 is 0 Å². The van der Waals surface area contributed by atoms with Crippen molar-refractivity contribution < 1.29 is 19.8 Å². The van der Waals surface area contributed by atoms with Crippen LogP contribution in [0.25, 0.3) is 0 Å². The Bertz CT molecular complexity index is 479. The number of phenols is 1. The molecule has 1 heterocycles. The van der Waals surface area contributed by atoms with E-state index in [0.29, 0.717) is 18.7 Å². The number of carbonyl (C=O) groups excluding carboxylic acids is 1. The average Bonchev–Trinajstić information content (AvgIpc) is 2.87. The predicted molar refractivity (Wildman–Crippen MR) is 79.9 cm³/mol. The van der Waals surface area contributed by atoms with Crippen LogP contribution in [0.4, 0.5) is 0 Å². The second kappa shape index (κ2) is 7.11. The van der Waals surface area contributed by atoms with Crippen LogP contribution in [0.2, 0.25) is 0 Å². The van der Waals surface area contributed by atoms with Crippen molar-refractivity contribution in [2.24, 2.45) is 5.41 Å². The molecule has 0 aromatic heterocycles. The van der Waals surface area contributed by atoms with E-state index in [0.717, 1.165) is 6.42 Å². The summed E-state index contributed by atoms with van der Waals surface area (Å²) in [5.74, 6) is -0.634. The second-order valence-corrected chi connectivity index (χ2v) is 6.08. The van der Waals surface area contributed by atoms with E-state index >= 15 is 0 Å². The first-order valence-electron chi connectivity index (χ1n) is 7.01. The number of nitrogens with zero attached hydrogens (tertiary/aromatic N) is 1. The van der Waals surface area contributed by atoms with Gasteiger partial charge in [-0.3, -0.25) is 4.79 Å². The Kier molecular flexibility index (Phi) is 5.76. The number of hydrogen-bond donors (Lipinski definition) is 2. The first kappa shape index (κ1) is 17.0. The van der Waals surface area contributed by atoms with Gasteiger partial charge in [0.1, 0.15) is 11.8 Å². The Hall–Kier alpha value is -2.04. The molecule has 1 fully saturated rings. The van der Waals surface area contributed by atoms with E-state index in [9.17, 15) is 9.59 Å². The van der Waals surface area contributed by atoms with Crippen molar-refractivity contribution in [3.05, 3.63) is 30.3 Å². The topological polar surface area (TPSA) is 77.8 Å². The van der Waals surface area contributed by atoms with Crippen molar-refractivity contribution in [3.8, 4) is 5.75 Å². The van der Waals surface area contributed by atoms with Crippen LogP contribution in [-0.4, -0.2) is 39.6 Å². The molecule has 0 spiro atoms. The molecule has 1 unspecified atom stereocenters. The maximum Gasteiger partial charge on any atom is 0.326 e. The van der Waals surface area contributed by atoms with Crippen molar-refractivity contribution in [2.45, 2.75) is 39.7 Å². The molecule has 21 heavy (non-hydrogen) atoms. The number of benzene rings is 1. The summed E-state index contributed by atoms with van der Waals surface area (Å²) in [7, 11) is 0. The molecule has 1 amide bonds. The number of carboxylic acid groups (broad SMARTS) is 1. The number of likely N-dealkylation sites (tertiary alicyclic amines) is 1. The van der Waals surface area contributed by atoms with Crippen molar-refractivity contribution >= 4 is 11.9 Å². The lowest BCUT2D eigenvalue weighted by Crippen LogP contribution is -2.45. The van der Waals surface area contributed by atoms with Gasteiger partial charge in [-0.05, 0) is 25.0 Å². The number of para-hydroxylation sites is 1. The minimum absolute atomic E-state index is 0.0672. The maximum atomic E-state index is 11.8. The molecule has 2 N–H and O–H groups in total. The number of aliphatic carboxylic acids is 1. The van der Waals surface area contributed by atoms with E-state index in [1.54, 1.807) is 24.3 Å². The largest absolute Gasteiger partial charge is 0.508 e. The Balaban J connectivity index is 0.000000262. The molecular weight excluding hydrogens is 270 g/mol. The standard InChI is InChI=1S/C10H17NO3.C6H6O/c1-10(2,3)9(14)11-6-4-5-7(11)8(12)13;7-6-4-2-1-3-5-6/h7H,4-6H2,1-3H3,(H,12,13);1-5,7H. The first-order valence-corrected chi connectivity index (χ1v) is 7.01. The zero-order chi connectivity index (χ0) is 16.0. The van der Waals surface area contributed by atoms with Gasteiger partial charge >= 0.3 is 5.97 Å². The fraction of sp³-hybridized carbons (Fsp3) is 0.500. The van der Waals surface area contributed by atoms with Gasteiger partial charge in [0.05, 0.1) is 0 Å². The molecular formula is C16H23NO4. The summed E-state index contributed by atoms with van der Waals surface area (Å²) in [5, 5.41) is 17.5. The molecule has 0 bridgehead atoms. The summed E-state index contributed by atoms with van der Waals surface area (Å²) >= 11 is 0. The van der Waals surface area contributed by atoms with Gasteiger partial charge in [0, 0.05) is 12.0 Å². The quantitative estimate of drug-likeness (QED) is 0.834. The summed E-state index contributed by atoms with van der Waals surface area (Å²) in [5.41, 5.74) is -0.488. The fourth-order valence-electron chi connectivity index (χ4n) is 2.13. The molecule has 5 nitrogen and oxygen atoms in total. The number of carbonyl (C=O) groups is 2. The summed E-state index contributed by atoms with van der Waals surface area (Å²) in [6.45, 7) is 6.01. The highest BCUT2D eigenvalue weighted by molar-refractivity contribution is 5.87. The van der Waals surface area contributed by atoms with Gasteiger partial charge in [0.15, 0.2) is 0 Å². The highest BCUT2D eigenvalue weighted by atomic mass is 16.4. The summed E-state index contributed by atoms with van der Waals surface area (Å²) < 4.78 is 0. The minimum Gasteiger partial charge on any atom is -0.508 e. The van der Waals surface area contributed by atoms with Gasteiger partial charge in [0.2, 0.25) is 5.91 Å². The van der Waals surface area contributed by atoms with Gasteiger partial charge in [-0.2, -0.15) is 0 Å². The molecule has 0 aliphatic carbocycles. The molecule has 1 saturated heterocycles. The number of phenolic OH excluding ortho intramolecular Hbond substituents is 1. The van der Waals surface area contributed by atoms with Crippen molar-refractivity contribution in [1.82, 2.24) is 4.90 Å². The molecule has 1 aromatic carbocycles. The number of rotatable bonds is 1. The average molecular weight is 293 g/mol. The van der Waals surface area contributed by atoms with Gasteiger partial charge in [-0.25, -0.2) is 4.79 Å². The van der Waals surface area contributed by atoms with Gasteiger partial charge in [-0.15, -0.1) is 0 Å². The van der Waals surface area contributed by atoms with Crippen LogP contribution in [0.5, 0.6) is 5.75 Å². The minimum atomic E-state index is -0.889. The molecule has 116 valence electrons. The zero-order valence-electron chi connectivity index (χ0n) is 12.7. The first-order chi connectivity index (χ1) is 9.73. The Labute approximate surface area is 125 Å². The van der Waals surface area contributed by atoms with Crippen LogP contribution in [0.3, 0.4) is 0 Å². The third kappa shape index (κ3) is 5.10. The van der Waals surface area contributed by atoms with E-state index < -0.39 is 17.4 Å². The van der Waals surface area contributed by atoms with Gasteiger partial charge < -0.3 is 15.1 Å². The normalized spacial score (nSPS) is 17.9. The van der Waals surface area contributed by atoms with E-state index in [2.05, 4.69) is 0 Å². The van der Waals surface area contributed by atoms with Crippen molar-refractivity contribution in [1.29, 1.82) is 0 Å². The van der Waals surface area contributed by atoms with E-state index in [1.807, 2.05) is 26.8 Å². The molecule has 2 rings (SSSR count). The SMILES string of the molecule is CC(C)(C)C(=O)N1CCCC1C(=O)O.Oc1ccccc1. The van der Waals surface area contributed by atoms with Crippen molar-refractivity contribution in [3.63, 3.8) is 0 Å². The highest BCUT2D eigenvalue weighted by Gasteiger charge is 2.38. The molecule has 1 aliphatic rings. The summed E-state index contributed by atoms with van der Waals surface area (Å²) in [6.07, 6.45) is 1.37. The summed E-state index contributed by atoms with van der Waals surface area (Å²) in [6, 6.07) is 8.10. The highest BCUT2D eigenvalue weighted by Crippen LogP contribution is 2.25. The second-order valence-electron chi connectivity index (χ2n) is 6.08. The van der Waals surface area contributed by atoms with Crippen LogP contribution in [0.1, 0.15) is 33.6 Å². The van der Waals surface area contributed by atoms with Crippen molar-refractivity contribution in [2.75, 3.05) is 6.54 Å². The summed E-state index contributed by atoms with van der Waals surface area (Å²) in [4.78, 5) is 24.2. The Morgan fingerprint density at radius 1 is 1.19 bits per heavy atom. The van der Waals surface area contributed by atoms with Crippen LogP contribution in [0.15, 0.2) is 30.3 Å². The van der Waals surface area contributed by atoms with Crippen LogP contribution in [0, 0.1) is 5.41 Å². The van der Waals surface area contributed by atoms with E-state index in [4.69, 9.17) is 10.2 Å². The zero-order valence-corrected chi connectivity index (χ0v) is 12.7. The lowest BCUT2D eigenvalue weighted by Gasteiger charge is -2.28. The number of amides is 1. The lowest BCUT2D eigenvalue weighted by atomic mass is 9.94. The number of hydrogen-bond acceptors (Lipinski definition) is 3. The predicted octanol–water partition coefficient (Wildman–Crippen LogP) is 2.50. The van der Waals surface area contributed by atoms with Crippen LogP contribution < -0.4 is 0 Å². The smallest absolute Gasteiger partial charge is 0.326 e. The van der Waals surface area contributed by atoms with Gasteiger partial charge in [0.25, 0.3) is 0 Å². The monoisotopic (exact) mass is 293 g/mol. The third-order valence-electron chi connectivity index (χ3n) is 3.20. The number of aromatic hydroxyl groups is 1. The Morgan fingerprint density at radius 2 is 1.76 bits per heavy atom. The number of carboxylic acids is 1. The van der Waals surface area contributed by atoms with E-state index in [1.165, 1.54) is 4.90 Å². The molecule has 0 radical (unpaired) electrons. The fourth-order valence-corrected chi connectivity index (χ4v) is 2.13. The molecule has 1 atom stereocenters. The molecule has 5 heteroatoms. The molecule has 0 saturated carbocycles.